The zero-order valence-corrected chi connectivity index (χ0v) is 16.0. The molecule has 4 nitrogen and oxygen atoms in total. The molecule has 0 bridgehead atoms. The molecular weight excluding hydrogens is 344 g/mol. The highest BCUT2D eigenvalue weighted by atomic mass is 32.1. The molecule has 5 heteroatoms. The minimum Gasteiger partial charge on any atom is -0.487 e. The molecule has 3 aromatic rings. The molecule has 2 aromatic carbocycles. The van der Waals surface area contributed by atoms with E-state index in [0.717, 1.165) is 22.5 Å². The Hall–Kier alpha value is -2.66. The number of carbonyl (C=O) groups is 1. The summed E-state index contributed by atoms with van der Waals surface area (Å²) in [4.78, 5) is 16.9. The Bertz CT molecular complexity index is 889. The van der Waals surface area contributed by atoms with Crippen molar-refractivity contribution in [2.75, 3.05) is 5.32 Å². The Morgan fingerprint density at radius 3 is 2.77 bits per heavy atom. The van der Waals surface area contributed by atoms with Crippen LogP contribution in [0.4, 0.5) is 5.69 Å². The summed E-state index contributed by atoms with van der Waals surface area (Å²) in [5, 5.41) is 5.01. The second-order valence-electron chi connectivity index (χ2n) is 6.44. The molecule has 0 spiro atoms. The topological polar surface area (TPSA) is 51.2 Å². The molecule has 3 rings (SSSR count). The van der Waals surface area contributed by atoms with E-state index in [0.29, 0.717) is 23.8 Å². The molecule has 26 heavy (non-hydrogen) atoms. The molecule has 1 heterocycles. The average molecular weight is 366 g/mol. The number of benzene rings is 2. The minimum absolute atomic E-state index is 0.139. The molecule has 0 aliphatic heterocycles. The summed E-state index contributed by atoms with van der Waals surface area (Å²) in [5.74, 6) is 0.845. The largest absolute Gasteiger partial charge is 0.487 e. The molecular formula is C21H22N2O2S. The smallest absolute Gasteiger partial charge is 0.255 e. The third kappa shape index (κ3) is 4.29. The molecule has 1 amide bonds. The van der Waals surface area contributed by atoms with Crippen LogP contribution >= 0.6 is 11.3 Å². The maximum atomic E-state index is 12.7. The highest BCUT2D eigenvalue weighted by Crippen LogP contribution is 2.28. The molecule has 134 valence electrons. The first-order chi connectivity index (χ1) is 12.5. The van der Waals surface area contributed by atoms with Crippen LogP contribution < -0.4 is 10.1 Å². The van der Waals surface area contributed by atoms with Crippen LogP contribution in [0.2, 0.25) is 0 Å². The summed E-state index contributed by atoms with van der Waals surface area (Å²) in [6, 6.07) is 13.3. The zero-order valence-electron chi connectivity index (χ0n) is 15.2. The lowest BCUT2D eigenvalue weighted by Crippen LogP contribution is -2.15. The van der Waals surface area contributed by atoms with Gasteiger partial charge in [-0.1, -0.05) is 38.1 Å². The van der Waals surface area contributed by atoms with Gasteiger partial charge >= 0.3 is 0 Å². The monoisotopic (exact) mass is 366 g/mol. The zero-order chi connectivity index (χ0) is 18.5. The SMILES string of the molecule is Cc1cccc(C(C)C)c1NC(=O)c1cccc(OCc2cscn2)c1. The number of para-hydroxylation sites is 1. The van der Waals surface area contributed by atoms with Crippen molar-refractivity contribution >= 4 is 22.9 Å². The van der Waals surface area contributed by atoms with Crippen LogP contribution in [0.15, 0.2) is 53.4 Å². The molecule has 0 saturated carbocycles. The number of thiazole rings is 1. The van der Waals surface area contributed by atoms with E-state index in [1.165, 1.54) is 11.3 Å². The number of hydrogen-bond acceptors (Lipinski definition) is 4. The van der Waals surface area contributed by atoms with E-state index in [4.69, 9.17) is 4.74 Å². The van der Waals surface area contributed by atoms with E-state index in [2.05, 4.69) is 30.2 Å². The van der Waals surface area contributed by atoms with Crippen LogP contribution in [0.1, 0.15) is 46.9 Å². The standard InChI is InChI=1S/C21H22N2O2S/c1-14(2)19-9-4-6-15(3)20(19)23-21(24)16-7-5-8-18(10-16)25-11-17-12-26-13-22-17/h4-10,12-14H,11H2,1-3H3,(H,23,24). The molecule has 0 saturated heterocycles. The van der Waals surface area contributed by atoms with Crippen molar-refractivity contribution in [3.63, 3.8) is 0 Å². The van der Waals surface area contributed by atoms with E-state index in [9.17, 15) is 4.79 Å². The number of hydrogen-bond donors (Lipinski definition) is 1. The first-order valence-electron chi connectivity index (χ1n) is 8.55. The van der Waals surface area contributed by atoms with Crippen molar-refractivity contribution < 1.29 is 9.53 Å². The third-order valence-corrected chi connectivity index (χ3v) is 4.77. The summed E-state index contributed by atoms with van der Waals surface area (Å²) >= 11 is 1.53. The van der Waals surface area contributed by atoms with Gasteiger partial charge in [-0.05, 0) is 42.2 Å². The van der Waals surface area contributed by atoms with Gasteiger partial charge in [0.15, 0.2) is 0 Å². The van der Waals surface area contributed by atoms with Gasteiger partial charge in [-0.25, -0.2) is 4.98 Å². The summed E-state index contributed by atoms with van der Waals surface area (Å²) in [5.41, 5.74) is 6.30. The Labute approximate surface area is 157 Å². The summed E-state index contributed by atoms with van der Waals surface area (Å²) in [6.07, 6.45) is 0. The number of ether oxygens (including phenoxy) is 1. The lowest BCUT2D eigenvalue weighted by Gasteiger charge is -2.16. The van der Waals surface area contributed by atoms with Crippen molar-refractivity contribution in [3.05, 3.63) is 75.7 Å². The van der Waals surface area contributed by atoms with Crippen molar-refractivity contribution in [1.82, 2.24) is 4.98 Å². The molecule has 0 unspecified atom stereocenters. The second-order valence-corrected chi connectivity index (χ2v) is 7.16. The van der Waals surface area contributed by atoms with Gasteiger partial charge in [-0.15, -0.1) is 11.3 Å². The number of aryl methyl sites for hydroxylation is 1. The number of aromatic nitrogens is 1. The highest BCUT2D eigenvalue weighted by Gasteiger charge is 2.14. The first kappa shape index (κ1) is 18.1. The third-order valence-electron chi connectivity index (χ3n) is 4.13. The van der Waals surface area contributed by atoms with Crippen LogP contribution in [0, 0.1) is 6.92 Å². The fourth-order valence-corrected chi connectivity index (χ4v) is 3.26. The van der Waals surface area contributed by atoms with Crippen LogP contribution in [-0.2, 0) is 6.61 Å². The number of nitrogens with zero attached hydrogens (tertiary/aromatic N) is 1. The van der Waals surface area contributed by atoms with Crippen molar-refractivity contribution in [2.45, 2.75) is 33.3 Å². The predicted molar refractivity (Wildman–Crippen MR) is 106 cm³/mol. The van der Waals surface area contributed by atoms with Gasteiger partial charge in [0.25, 0.3) is 5.91 Å². The van der Waals surface area contributed by atoms with Crippen molar-refractivity contribution in [3.8, 4) is 5.75 Å². The van der Waals surface area contributed by atoms with Gasteiger partial charge in [-0.3, -0.25) is 4.79 Å². The molecule has 1 aromatic heterocycles. The van der Waals surface area contributed by atoms with Crippen molar-refractivity contribution in [1.29, 1.82) is 0 Å². The van der Waals surface area contributed by atoms with E-state index in [1.54, 1.807) is 17.6 Å². The highest BCUT2D eigenvalue weighted by molar-refractivity contribution is 7.07. The molecule has 0 fully saturated rings. The molecule has 1 N–H and O–H groups in total. The lowest BCUT2D eigenvalue weighted by molar-refractivity contribution is 0.102. The molecule has 0 radical (unpaired) electrons. The Balaban J connectivity index is 1.75. The van der Waals surface area contributed by atoms with E-state index < -0.39 is 0 Å². The van der Waals surface area contributed by atoms with Crippen molar-refractivity contribution in [2.24, 2.45) is 0 Å². The van der Waals surface area contributed by atoms with Crippen LogP contribution in [0.25, 0.3) is 0 Å². The van der Waals surface area contributed by atoms with Gasteiger partial charge in [0.2, 0.25) is 0 Å². The van der Waals surface area contributed by atoms with E-state index in [-0.39, 0.29) is 5.91 Å². The average Bonchev–Trinajstić information content (AvgIpc) is 3.15. The van der Waals surface area contributed by atoms with Crippen LogP contribution in [0.3, 0.4) is 0 Å². The Morgan fingerprint density at radius 2 is 2.04 bits per heavy atom. The Kier molecular flexibility index (Phi) is 5.68. The fourth-order valence-electron chi connectivity index (χ4n) is 2.72. The minimum atomic E-state index is -0.139. The summed E-state index contributed by atoms with van der Waals surface area (Å²) in [6.45, 7) is 6.65. The normalized spacial score (nSPS) is 10.8. The van der Waals surface area contributed by atoms with E-state index in [1.807, 2.05) is 36.6 Å². The van der Waals surface area contributed by atoms with E-state index >= 15 is 0 Å². The molecule has 0 aliphatic carbocycles. The number of anilines is 1. The number of amides is 1. The summed E-state index contributed by atoms with van der Waals surface area (Å²) < 4.78 is 5.74. The number of rotatable bonds is 6. The fraction of sp³-hybridized carbons (Fsp3) is 0.238. The maximum Gasteiger partial charge on any atom is 0.255 e. The van der Waals surface area contributed by atoms with Crippen LogP contribution in [-0.4, -0.2) is 10.9 Å². The summed E-state index contributed by atoms with van der Waals surface area (Å²) in [7, 11) is 0. The number of carbonyl (C=O) groups excluding carboxylic acids is 1. The van der Waals surface area contributed by atoms with Crippen LogP contribution in [0.5, 0.6) is 5.75 Å². The van der Waals surface area contributed by atoms with Gasteiger partial charge in [0, 0.05) is 16.6 Å². The molecule has 0 atom stereocenters. The van der Waals surface area contributed by atoms with Gasteiger partial charge in [-0.2, -0.15) is 0 Å². The Morgan fingerprint density at radius 1 is 1.23 bits per heavy atom. The van der Waals surface area contributed by atoms with Gasteiger partial charge in [0.1, 0.15) is 12.4 Å². The van der Waals surface area contributed by atoms with Gasteiger partial charge in [0.05, 0.1) is 11.2 Å². The second kappa shape index (κ2) is 8.15. The quantitative estimate of drug-likeness (QED) is 0.635. The van der Waals surface area contributed by atoms with Gasteiger partial charge < -0.3 is 10.1 Å². The number of nitrogens with one attached hydrogen (secondary N) is 1. The molecule has 0 aliphatic rings. The predicted octanol–water partition coefficient (Wildman–Crippen LogP) is 5.41. The maximum absolute atomic E-state index is 12.7. The lowest BCUT2D eigenvalue weighted by atomic mass is 9.98. The first-order valence-corrected chi connectivity index (χ1v) is 9.49.